The molecule has 0 radical (unpaired) electrons. The van der Waals surface area contributed by atoms with E-state index >= 15 is 0 Å². The average molecular weight is 335 g/mol. The highest BCUT2D eigenvalue weighted by molar-refractivity contribution is 5.85. The predicted octanol–water partition coefficient (Wildman–Crippen LogP) is 3.10. The number of H-pyrrole nitrogens is 1. The van der Waals surface area contributed by atoms with Gasteiger partial charge in [-0.1, -0.05) is 18.2 Å². The number of nitrogens with zero attached hydrogens (tertiary/aromatic N) is 2. The largest absolute Gasteiger partial charge is 0.357 e. The molecule has 130 valence electrons. The van der Waals surface area contributed by atoms with E-state index in [1.165, 1.54) is 54.4 Å². The number of benzene rings is 1. The number of aromatic amines is 1. The summed E-state index contributed by atoms with van der Waals surface area (Å²) in [6.45, 7) is 2.14. The first-order valence-corrected chi connectivity index (χ1v) is 9.93. The molecule has 25 heavy (non-hydrogen) atoms. The van der Waals surface area contributed by atoms with Crippen molar-refractivity contribution in [3.8, 4) is 0 Å². The second kappa shape index (κ2) is 5.10. The summed E-state index contributed by atoms with van der Waals surface area (Å²) in [4.78, 5) is 20.5. The van der Waals surface area contributed by atoms with Crippen LogP contribution in [0.1, 0.15) is 43.0 Å². The lowest BCUT2D eigenvalue weighted by atomic mass is 9.61. The molecule has 4 nitrogen and oxygen atoms in total. The van der Waals surface area contributed by atoms with Crippen molar-refractivity contribution in [1.82, 2.24) is 14.8 Å². The van der Waals surface area contributed by atoms with Crippen LogP contribution in [0, 0.1) is 11.8 Å². The van der Waals surface area contributed by atoms with E-state index in [0.29, 0.717) is 30.0 Å². The number of aromatic nitrogens is 1. The minimum Gasteiger partial charge on any atom is -0.357 e. The number of carbonyl (C=O) groups excluding carboxylic acids is 1. The number of likely N-dealkylation sites (tertiary alicyclic amines) is 1. The molecule has 1 amide bonds. The van der Waals surface area contributed by atoms with Gasteiger partial charge in [0.05, 0.1) is 6.04 Å². The zero-order chi connectivity index (χ0) is 16.5. The van der Waals surface area contributed by atoms with E-state index < -0.39 is 0 Å². The van der Waals surface area contributed by atoms with Crippen molar-refractivity contribution < 1.29 is 4.79 Å². The number of nitrogens with one attached hydrogen (secondary N) is 1. The van der Waals surface area contributed by atoms with Crippen LogP contribution >= 0.6 is 0 Å². The van der Waals surface area contributed by atoms with Gasteiger partial charge in [0.1, 0.15) is 0 Å². The maximum absolute atomic E-state index is 11.7. The van der Waals surface area contributed by atoms with Gasteiger partial charge in [0.25, 0.3) is 0 Å². The normalized spacial score (nSPS) is 36.8. The molecule has 5 heterocycles. The van der Waals surface area contributed by atoms with Crippen LogP contribution in [0.3, 0.4) is 0 Å². The minimum absolute atomic E-state index is 0.462. The van der Waals surface area contributed by atoms with Gasteiger partial charge in [0.2, 0.25) is 6.41 Å². The van der Waals surface area contributed by atoms with E-state index in [-0.39, 0.29) is 0 Å². The molecule has 1 saturated carbocycles. The fourth-order valence-electron chi connectivity index (χ4n) is 6.81. The first kappa shape index (κ1) is 14.4. The number of para-hydroxylation sites is 1. The molecule has 1 aromatic carbocycles. The van der Waals surface area contributed by atoms with Gasteiger partial charge in [-0.15, -0.1) is 0 Å². The topological polar surface area (TPSA) is 39.3 Å². The molecule has 4 fully saturated rings. The molecule has 1 N–H and O–H groups in total. The highest BCUT2D eigenvalue weighted by Crippen LogP contribution is 2.55. The lowest BCUT2D eigenvalue weighted by Crippen LogP contribution is -2.67. The fourth-order valence-corrected chi connectivity index (χ4v) is 6.81. The van der Waals surface area contributed by atoms with Crippen LogP contribution < -0.4 is 0 Å². The van der Waals surface area contributed by atoms with Gasteiger partial charge in [-0.05, 0) is 49.7 Å². The molecule has 1 aliphatic carbocycles. The third kappa shape index (κ3) is 1.78. The third-order valence-corrected chi connectivity index (χ3v) is 7.59. The molecule has 7 rings (SSSR count). The second-order valence-electron chi connectivity index (χ2n) is 8.44. The highest BCUT2D eigenvalue weighted by atomic mass is 16.1. The van der Waals surface area contributed by atoms with Gasteiger partial charge in [-0.3, -0.25) is 9.69 Å². The first-order chi connectivity index (χ1) is 12.4. The van der Waals surface area contributed by atoms with Crippen molar-refractivity contribution in [2.45, 2.75) is 50.2 Å². The molecule has 5 unspecified atom stereocenters. The number of fused-ring (bicyclic) bond motifs is 4. The Hall–Kier alpha value is -1.81. The van der Waals surface area contributed by atoms with Crippen LogP contribution in [0.2, 0.25) is 0 Å². The summed E-state index contributed by atoms with van der Waals surface area (Å²) < 4.78 is 0. The summed E-state index contributed by atoms with van der Waals surface area (Å²) in [5, 5.41) is 1.41. The Morgan fingerprint density at radius 1 is 1.08 bits per heavy atom. The van der Waals surface area contributed by atoms with Crippen LogP contribution in [-0.4, -0.2) is 46.4 Å². The number of rotatable bonds is 1. The standard InChI is InChI=1S/C21H25N3O/c25-12-23-10-3-5-15-18-8-7-16(20(15)23)21-19-14(9-11-24(18)21)13-4-1-2-6-17(13)22-19/h1-2,4,6,12,15-16,18,20-22H,3,5,7-11H2. The van der Waals surface area contributed by atoms with Crippen molar-refractivity contribution in [3.05, 3.63) is 35.5 Å². The van der Waals surface area contributed by atoms with Crippen LogP contribution in [0.25, 0.3) is 10.9 Å². The average Bonchev–Trinajstić information content (AvgIpc) is 3.06. The van der Waals surface area contributed by atoms with Gasteiger partial charge < -0.3 is 9.88 Å². The Labute approximate surface area is 148 Å². The van der Waals surface area contributed by atoms with E-state index in [2.05, 4.69) is 39.0 Å². The summed E-state index contributed by atoms with van der Waals surface area (Å²) in [6, 6.07) is 10.4. The summed E-state index contributed by atoms with van der Waals surface area (Å²) in [6.07, 6.45) is 7.37. The quantitative estimate of drug-likeness (QED) is 0.814. The van der Waals surface area contributed by atoms with Crippen molar-refractivity contribution in [3.63, 3.8) is 0 Å². The predicted molar refractivity (Wildman–Crippen MR) is 97.2 cm³/mol. The Kier molecular flexibility index (Phi) is 2.93. The molecular weight excluding hydrogens is 310 g/mol. The molecule has 4 aliphatic heterocycles. The SMILES string of the molecule is O=CN1CCCC2C1C1CCC2N2CCc3c([nH]c4ccccc34)C12. The number of hydrogen-bond acceptors (Lipinski definition) is 2. The molecule has 5 aliphatic rings. The van der Waals surface area contributed by atoms with Crippen molar-refractivity contribution in [2.24, 2.45) is 11.8 Å². The van der Waals surface area contributed by atoms with Gasteiger partial charge in [0, 0.05) is 47.7 Å². The zero-order valence-corrected chi connectivity index (χ0v) is 14.5. The summed E-state index contributed by atoms with van der Waals surface area (Å²) in [5.41, 5.74) is 4.27. The molecule has 0 spiro atoms. The summed E-state index contributed by atoms with van der Waals surface area (Å²) >= 11 is 0. The number of piperidine rings is 3. The smallest absolute Gasteiger partial charge is 0.209 e. The Bertz CT molecular complexity index is 843. The molecule has 1 aromatic heterocycles. The summed E-state index contributed by atoms with van der Waals surface area (Å²) in [5.74, 6) is 1.28. The first-order valence-electron chi connectivity index (χ1n) is 9.93. The Balaban J connectivity index is 1.50. The molecular formula is C21H25N3O. The number of amides is 1. The highest BCUT2D eigenvalue weighted by Gasteiger charge is 2.57. The Morgan fingerprint density at radius 2 is 2.00 bits per heavy atom. The van der Waals surface area contributed by atoms with Crippen molar-refractivity contribution in [2.75, 3.05) is 13.1 Å². The molecule has 4 heteroatoms. The number of carbonyl (C=O) groups is 1. The van der Waals surface area contributed by atoms with E-state index in [1.807, 2.05) is 0 Å². The van der Waals surface area contributed by atoms with Gasteiger partial charge >= 0.3 is 0 Å². The lowest BCUT2D eigenvalue weighted by Gasteiger charge is -2.63. The molecule has 3 saturated heterocycles. The number of hydrogen-bond donors (Lipinski definition) is 1. The lowest BCUT2D eigenvalue weighted by molar-refractivity contribution is -0.149. The maximum Gasteiger partial charge on any atom is 0.209 e. The zero-order valence-electron chi connectivity index (χ0n) is 14.5. The van der Waals surface area contributed by atoms with E-state index in [0.717, 1.165) is 19.4 Å². The Morgan fingerprint density at radius 3 is 2.92 bits per heavy atom. The molecule has 2 aromatic rings. The van der Waals surface area contributed by atoms with Crippen molar-refractivity contribution >= 4 is 17.3 Å². The molecule has 5 atom stereocenters. The van der Waals surface area contributed by atoms with Crippen LogP contribution in [0.15, 0.2) is 24.3 Å². The van der Waals surface area contributed by atoms with Crippen LogP contribution in [0.4, 0.5) is 0 Å². The monoisotopic (exact) mass is 335 g/mol. The third-order valence-electron chi connectivity index (χ3n) is 7.59. The van der Waals surface area contributed by atoms with E-state index in [4.69, 9.17) is 0 Å². The summed E-state index contributed by atoms with van der Waals surface area (Å²) in [7, 11) is 0. The van der Waals surface area contributed by atoms with Crippen LogP contribution in [0.5, 0.6) is 0 Å². The maximum atomic E-state index is 11.7. The van der Waals surface area contributed by atoms with Gasteiger partial charge in [0.15, 0.2) is 0 Å². The van der Waals surface area contributed by atoms with E-state index in [9.17, 15) is 4.79 Å². The van der Waals surface area contributed by atoms with Crippen LogP contribution in [-0.2, 0) is 11.2 Å². The fraction of sp³-hybridized carbons (Fsp3) is 0.571. The van der Waals surface area contributed by atoms with E-state index in [1.54, 1.807) is 0 Å². The molecule has 2 bridgehead atoms. The minimum atomic E-state index is 0.462. The van der Waals surface area contributed by atoms with Gasteiger partial charge in [-0.2, -0.15) is 0 Å². The van der Waals surface area contributed by atoms with Crippen molar-refractivity contribution in [1.29, 1.82) is 0 Å². The van der Waals surface area contributed by atoms with Gasteiger partial charge in [-0.25, -0.2) is 0 Å². The second-order valence-corrected chi connectivity index (χ2v) is 8.44.